The maximum Gasteiger partial charge on any atom is 0.125 e. The van der Waals surface area contributed by atoms with Crippen LogP contribution >= 0.6 is 0 Å². The van der Waals surface area contributed by atoms with Crippen LogP contribution in [0.25, 0.3) is 0 Å². The van der Waals surface area contributed by atoms with Crippen molar-refractivity contribution in [3.8, 4) is 0 Å². The van der Waals surface area contributed by atoms with E-state index in [9.17, 15) is 0 Å². The molecule has 1 fully saturated rings. The van der Waals surface area contributed by atoms with Crippen LogP contribution in [0.5, 0.6) is 0 Å². The Morgan fingerprint density at radius 1 is 1.21 bits per heavy atom. The Bertz CT molecular complexity index is 342. The number of ether oxygens (including phenoxy) is 1. The predicted molar refractivity (Wildman–Crippen MR) is 79.3 cm³/mol. The van der Waals surface area contributed by atoms with Crippen molar-refractivity contribution in [2.45, 2.75) is 64.6 Å². The molecule has 0 radical (unpaired) electrons. The molecule has 0 unspecified atom stereocenters. The molecule has 0 amide bonds. The summed E-state index contributed by atoms with van der Waals surface area (Å²) in [6, 6.07) is 4.16. The molecule has 1 saturated carbocycles. The van der Waals surface area contributed by atoms with E-state index in [1.54, 1.807) is 0 Å². The normalized spacial score (nSPS) is 17.1. The molecule has 0 aromatic carbocycles. The molecule has 1 aliphatic rings. The van der Waals surface area contributed by atoms with Crippen molar-refractivity contribution in [2.24, 2.45) is 0 Å². The Labute approximate surface area is 116 Å². The first-order chi connectivity index (χ1) is 9.38. The van der Waals surface area contributed by atoms with E-state index in [-0.39, 0.29) is 0 Å². The molecule has 1 N–H and O–H groups in total. The first kappa shape index (κ1) is 14.3. The van der Waals surface area contributed by atoms with Crippen LogP contribution in [0.4, 0.5) is 5.82 Å². The van der Waals surface area contributed by atoms with E-state index >= 15 is 0 Å². The first-order valence-electron chi connectivity index (χ1n) is 7.69. The predicted octanol–water partition coefficient (Wildman–Crippen LogP) is 4.14. The summed E-state index contributed by atoms with van der Waals surface area (Å²) in [4.78, 5) is 4.41. The van der Waals surface area contributed by atoms with Crippen LogP contribution in [0.1, 0.15) is 57.4 Å². The van der Waals surface area contributed by atoms with Crippen LogP contribution in [0.2, 0.25) is 0 Å². The third kappa shape index (κ3) is 5.19. The van der Waals surface area contributed by atoms with E-state index in [4.69, 9.17) is 4.74 Å². The largest absolute Gasteiger partial charge is 0.373 e. The van der Waals surface area contributed by atoms with Crippen molar-refractivity contribution in [1.29, 1.82) is 0 Å². The molecular weight excluding hydrogens is 236 g/mol. The van der Waals surface area contributed by atoms with E-state index < -0.39 is 0 Å². The fourth-order valence-corrected chi connectivity index (χ4v) is 2.49. The Kier molecular flexibility index (Phi) is 6.15. The number of aromatic nitrogens is 1. The summed E-state index contributed by atoms with van der Waals surface area (Å²) in [5.41, 5.74) is 1.17. The highest BCUT2D eigenvalue weighted by Crippen LogP contribution is 2.20. The molecule has 2 rings (SSSR count). The molecule has 3 nitrogen and oxygen atoms in total. The molecule has 1 aromatic heterocycles. The zero-order valence-corrected chi connectivity index (χ0v) is 12.0. The highest BCUT2D eigenvalue weighted by atomic mass is 16.5. The molecule has 1 heterocycles. The molecule has 3 heteroatoms. The van der Waals surface area contributed by atoms with Gasteiger partial charge in [0.2, 0.25) is 0 Å². The van der Waals surface area contributed by atoms with Crippen LogP contribution < -0.4 is 5.32 Å². The molecule has 0 saturated heterocycles. The maximum atomic E-state index is 6.01. The van der Waals surface area contributed by atoms with Crippen LogP contribution in [0, 0.1) is 0 Å². The van der Waals surface area contributed by atoms with Crippen LogP contribution in [0.3, 0.4) is 0 Å². The van der Waals surface area contributed by atoms with Crippen molar-refractivity contribution < 1.29 is 4.74 Å². The summed E-state index contributed by atoms with van der Waals surface area (Å²) in [7, 11) is 0. The average Bonchev–Trinajstić information content (AvgIpc) is 2.72. The van der Waals surface area contributed by atoms with Crippen LogP contribution in [-0.2, 0) is 11.3 Å². The zero-order valence-electron chi connectivity index (χ0n) is 12.0. The number of hydrogen-bond acceptors (Lipinski definition) is 3. The lowest BCUT2D eigenvalue weighted by atomic mass is 10.1. The highest BCUT2D eigenvalue weighted by molar-refractivity contribution is 5.35. The highest BCUT2D eigenvalue weighted by Gasteiger charge is 2.12. The molecule has 1 aromatic rings. The second-order valence-corrected chi connectivity index (χ2v) is 5.40. The number of pyridine rings is 1. The van der Waals surface area contributed by atoms with Gasteiger partial charge in [-0.25, -0.2) is 4.98 Å². The van der Waals surface area contributed by atoms with Crippen molar-refractivity contribution in [1.82, 2.24) is 4.98 Å². The van der Waals surface area contributed by atoms with Gasteiger partial charge in [-0.05, 0) is 30.9 Å². The van der Waals surface area contributed by atoms with Gasteiger partial charge >= 0.3 is 0 Å². The summed E-state index contributed by atoms with van der Waals surface area (Å²) in [6.07, 6.45) is 11.3. The van der Waals surface area contributed by atoms with Crippen molar-refractivity contribution in [3.05, 3.63) is 23.9 Å². The summed E-state index contributed by atoms with van der Waals surface area (Å²) in [6.45, 7) is 3.83. The standard InChI is InChI=1S/C16H26N2O/c1-2-11-17-16-10-9-14(12-18-16)13-19-15-7-5-3-4-6-8-15/h9-10,12,15H,2-8,11,13H2,1H3,(H,17,18). The molecule has 106 valence electrons. The summed E-state index contributed by atoms with van der Waals surface area (Å²) in [5.74, 6) is 0.958. The number of nitrogens with zero attached hydrogens (tertiary/aromatic N) is 1. The second-order valence-electron chi connectivity index (χ2n) is 5.40. The van der Waals surface area contributed by atoms with Crippen molar-refractivity contribution in [2.75, 3.05) is 11.9 Å². The SMILES string of the molecule is CCCNc1ccc(COC2CCCCCC2)cn1. The maximum absolute atomic E-state index is 6.01. The van der Waals surface area contributed by atoms with Gasteiger partial charge in [0.1, 0.15) is 5.82 Å². The third-order valence-electron chi connectivity index (χ3n) is 3.67. The summed E-state index contributed by atoms with van der Waals surface area (Å²) >= 11 is 0. The van der Waals surface area contributed by atoms with Gasteiger partial charge in [0.25, 0.3) is 0 Å². The minimum Gasteiger partial charge on any atom is -0.373 e. The van der Waals surface area contributed by atoms with E-state index in [0.717, 1.165) is 18.8 Å². The molecule has 0 atom stereocenters. The quantitative estimate of drug-likeness (QED) is 0.782. The van der Waals surface area contributed by atoms with Crippen molar-refractivity contribution >= 4 is 5.82 Å². The average molecular weight is 262 g/mol. The molecule has 0 bridgehead atoms. The van der Waals surface area contributed by atoms with Gasteiger partial charge < -0.3 is 10.1 Å². The number of hydrogen-bond donors (Lipinski definition) is 1. The second kappa shape index (κ2) is 8.16. The molecule has 1 aliphatic carbocycles. The Balaban J connectivity index is 1.75. The van der Waals surface area contributed by atoms with Gasteiger partial charge in [-0.1, -0.05) is 38.7 Å². The minimum absolute atomic E-state index is 0.459. The van der Waals surface area contributed by atoms with Gasteiger partial charge in [-0.3, -0.25) is 0 Å². The third-order valence-corrected chi connectivity index (χ3v) is 3.67. The molecule has 0 aliphatic heterocycles. The van der Waals surface area contributed by atoms with Crippen LogP contribution in [-0.4, -0.2) is 17.6 Å². The Morgan fingerprint density at radius 2 is 2.00 bits per heavy atom. The summed E-state index contributed by atoms with van der Waals surface area (Å²) in [5, 5.41) is 3.28. The van der Waals surface area contributed by atoms with Gasteiger partial charge in [-0.15, -0.1) is 0 Å². The van der Waals surface area contributed by atoms with E-state index in [0.29, 0.717) is 12.7 Å². The lowest BCUT2D eigenvalue weighted by Crippen LogP contribution is -2.11. The number of anilines is 1. The minimum atomic E-state index is 0.459. The fourth-order valence-electron chi connectivity index (χ4n) is 2.49. The monoisotopic (exact) mass is 262 g/mol. The van der Waals surface area contributed by atoms with Gasteiger partial charge in [0.05, 0.1) is 12.7 Å². The van der Waals surface area contributed by atoms with Crippen molar-refractivity contribution in [3.63, 3.8) is 0 Å². The fraction of sp³-hybridized carbons (Fsp3) is 0.688. The first-order valence-corrected chi connectivity index (χ1v) is 7.69. The van der Waals surface area contributed by atoms with E-state index in [1.165, 1.54) is 44.1 Å². The lowest BCUT2D eigenvalue weighted by Gasteiger charge is -2.15. The summed E-state index contributed by atoms with van der Waals surface area (Å²) < 4.78 is 6.01. The van der Waals surface area contributed by atoms with Crippen LogP contribution in [0.15, 0.2) is 18.3 Å². The lowest BCUT2D eigenvalue weighted by molar-refractivity contribution is 0.0308. The van der Waals surface area contributed by atoms with E-state index in [2.05, 4.69) is 23.3 Å². The van der Waals surface area contributed by atoms with Gasteiger partial charge in [0.15, 0.2) is 0 Å². The van der Waals surface area contributed by atoms with Gasteiger partial charge in [0, 0.05) is 12.7 Å². The smallest absolute Gasteiger partial charge is 0.125 e. The van der Waals surface area contributed by atoms with E-state index in [1.807, 2.05) is 12.3 Å². The number of nitrogens with one attached hydrogen (secondary N) is 1. The molecule has 19 heavy (non-hydrogen) atoms. The zero-order chi connectivity index (χ0) is 13.3. The Morgan fingerprint density at radius 3 is 2.63 bits per heavy atom. The Hall–Kier alpha value is -1.09. The topological polar surface area (TPSA) is 34.1 Å². The number of rotatable bonds is 6. The van der Waals surface area contributed by atoms with Gasteiger partial charge in [-0.2, -0.15) is 0 Å². The molecule has 0 spiro atoms. The molecular formula is C16H26N2O.